The van der Waals surface area contributed by atoms with Crippen LogP contribution in [0, 0.1) is 5.92 Å². The normalized spacial score (nSPS) is 14.8. The molecule has 5 nitrogen and oxygen atoms in total. The van der Waals surface area contributed by atoms with Crippen molar-refractivity contribution >= 4 is 44.4 Å². The second-order valence-corrected chi connectivity index (χ2v) is 11.0. The zero-order valence-corrected chi connectivity index (χ0v) is 23.8. The number of aromatic nitrogens is 2. The number of rotatable bonds is 7. The molecular weight excluding hydrogens is 474 g/mol. The first-order valence-electron chi connectivity index (χ1n) is 13.0. The molecule has 3 heterocycles. The summed E-state index contributed by atoms with van der Waals surface area (Å²) in [5.41, 5.74) is 3.52. The predicted molar refractivity (Wildman–Crippen MR) is 164 cm³/mol. The van der Waals surface area contributed by atoms with Crippen molar-refractivity contribution in [2.45, 2.75) is 46.1 Å². The number of nitrogens with one attached hydrogen (secondary N) is 1. The first-order chi connectivity index (χ1) is 17.8. The van der Waals surface area contributed by atoms with Gasteiger partial charge in [0.15, 0.2) is 0 Å². The number of hydrogen-bond donors (Lipinski definition) is 1. The standard InChI is InChI=1S/C16H24N2.C15H17N3S/c1-4-14-5-8-17-16(11-14)12-15-6-9-18(10-7-15)13(2)3;1-10(19-11(2)16-3)12-5-6-13-9-18-15(17-4)8-14(13)7-12/h4-5,8,11,13,15H,1,6-7,9-10,12H2,2-3H3;5-9H,1H2,2-4H3,(H,17,18). The third-order valence-electron chi connectivity index (χ3n) is 6.84. The van der Waals surface area contributed by atoms with Crippen molar-refractivity contribution in [2.75, 3.05) is 32.5 Å². The summed E-state index contributed by atoms with van der Waals surface area (Å²) in [6, 6.07) is 13.2. The van der Waals surface area contributed by atoms with Gasteiger partial charge in [-0.05, 0) is 99.8 Å². The van der Waals surface area contributed by atoms with Gasteiger partial charge in [0.1, 0.15) is 5.82 Å². The average Bonchev–Trinajstić information content (AvgIpc) is 2.93. The average molecular weight is 516 g/mol. The molecule has 196 valence electrons. The topological polar surface area (TPSA) is 53.4 Å². The maximum Gasteiger partial charge on any atom is 0.126 e. The van der Waals surface area contributed by atoms with Crippen LogP contribution in [-0.2, 0) is 6.42 Å². The number of hydrogen-bond acceptors (Lipinski definition) is 6. The van der Waals surface area contributed by atoms with Crippen LogP contribution in [0.4, 0.5) is 5.82 Å². The highest BCUT2D eigenvalue weighted by Gasteiger charge is 2.21. The smallest absolute Gasteiger partial charge is 0.126 e. The number of benzene rings is 1. The van der Waals surface area contributed by atoms with Gasteiger partial charge in [-0.1, -0.05) is 43.1 Å². The summed E-state index contributed by atoms with van der Waals surface area (Å²) in [5.74, 6) is 1.67. The molecule has 0 amide bonds. The fourth-order valence-corrected chi connectivity index (χ4v) is 5.13. The van der Waals surface area contributed by atoms with E-state index in [1.165, 1.54) is 37.2 Å². The van der Waals surface area contributed by atoms with E-state index in [0.29, 0.717) is 6.04 Å². The Hall–Kier alpha value is -2.96. The number of nitrogens with zero attached hydrogens (tertiary/aromatic N) is 4. The van der Waals surface area contributed by atoms with Crippen molar-refractivity contribution in [1.29, 1.82) is 0 Å². The molecule has 1 saturated heterocycles. The Morgan fingerprint density at radius 2 is 1.92 bits per heavy atom. The van der Waals surface area contributed by atoms with E-state index in [1.54, 1.807) is 18.8 Å². The number of pyridine rings is 2. The Morgan fingerprint density at radius 3 is 2.57 bits per heavy atom. The van der Waals surface area contributed by atoms with E-state index in [1.807, 2.05) is 44.6 Å². The summed E-state index contributed by atoms with van der Waals surface area (Å²) >= 11 is 1.60. The Bertz CT molecular complexity index is 1230. The lowest BCUT2D eigenvalue weighted by molar-refractivity contribution is 0.149. The van der Waals surface area contributed by atoms with Crippen molar-refractivity contribution in [3.63, 3.8) is 0 Å². The van der Waals surface area contributed by atoms with Gasteiger partial charge in [0.05, 0.1) is 5.04 Å². The van der Waals surface area contributed by atoms with Crippen LogP contribution in [0.3, 0.4) is 0 Å². The lowest BCUT2D eigenvalue weighted by Gasteiger charge is -2.34. The first kappa shape index (κ1) is 28.6. The lowest BCUT2D eigenvalue weighted by Crippen LogP contribution is -2.38. The summed E-state index contributed by atoms with van der Waals surface area (Å²) in [5, 5.41) is 6.34. The second-order valence-electron chi connectivity index (χ2n) is 9.71. The number of piperidine rings is 1. The molecule has 1 N–H and O–H groups in total. The van der Waals surface area contributed by atoms with Crippen LogP contribution in [0.5, 0.6) is 0 Å². The molecule has 0 saturated carbocycles. The van der Waals surface area contributed by atoms with E-state index in [2.05, 4.69) is 76.4 Å². The highest BCUT2D eigenvalue weighted by molar-refractivity contribution is 8.21. The van der Waals surface area contributed by atoms with Crippen LogP contribution in [-0.4, -0.2) is 53.1 Å². The molecule has 0 bridgehead atoms. The second kappa shape index (κ2) is 14.1. The molecule has 2 aromatic heterocycles. The van der Waals surface area contributed by atoms with Gasteiger partial charge in [-0.2, -0.15) is 0 Å². The van der Waals surface area contributed by atoms with Crippen molar-refractivity contribution in [3.05, 3.63) is 78.8 Å². The maximum absolute atomic E-state index is 4.47. The number of anilines is 1. The Kier molecular flexibility index (Phi) is 10.9. The van der Waals surface area contributed by atoms with Crippen molar-refractivity contribution in [2.24, 2.45) is 10.9 Å². The Balaban J connectivity index is 0.000000206. The Labute approximate surface area is 227 Å². The Morgan fingerprint density at radius 1 is 1.16 bits per heavy atom. The maximum atomic E-state index is 4.47. The van der Waals surface area contributed by atoms with Crippen LogP contribution >= 0.6 is 11.8 Å². The molecule has 1 fully saturated rings. The van der Waals surface area contributed by atoms with Crippen LogP contribution in [0.2, 0.25) is 0 Å². The molecule has 0 radical (unpaired) electrons. The first-order valence-corrected chi connectivity index (χ1v) is 13.8. The van der Waals surface area contributed by atoms with Crippen molar-refractivity contribution in [1.82, 2.24) is 14.9 Å². The molecule has 1 aliphatic rings. The predicted octanol–water partition coefficient (Wildman–Crippen LogP) is 7.42. The van der Waals surface area contributed by atoms with Gasteiger partial charge in [0.2, 0.25) is 0 Å². The molecule has 0 atom stereocenters. The van der Waals surface area contributed by atoms with Gasteiger partial charge in [-0.3, -0.25) is 9.98 Å². The summed E-state index contributed by atoms with van der Waals surface area (Å²) in [7, 11) is 3.66. The fourth-order valence-electron chi connectivity index (χ4n) is 4.44. The van der Waals surface area contributed by atoms with Crippen LogP contribution < -0.4 is 5.32 Å². The van der Waals surface area contributed by atoms with Gasteiger partial charge in [0.25, 0.3) is 0 Å². The van der Waals surface area contributed by atoms with Gasteiger partial charge in [-0.15, -0.1) is 0 Å². The van der Waals surface area contributed by atoms with E-state index < -0.39 is 0 Å². The van der Waals surface area contributed by atoms with E-state index in [9.17, 15) is 0 Å². The van der Waals surface area contributed by atoms with Gasteiger partial charge in [0, 0.05) is 48.5 Å². The molecule has 0 spiro atoms. The van der Waals surface area contributed by atoms with Crippen LogP contribution in [0.1, 0.15) is 50.4 Å². The monoisotopic (exact) mass is 515 g/mol. The molecule has 1 aliphatic heterocycles. The summed E-state index contributed by atoms with van der Waals surface area (Å²) < 4.78 is 0. The van der Waals surface area contributed by atoms with E-state index >= 15 is 0 Å². The SMILES string of the molecule is C=C(SC(C)=NC)c1ccc2cnc(NC)cc2c1.C=Cc1ccnc(CC2CCN(C(C)C)CC2)c1. The quantitative estimate of drug-likeness (QED) is 0.262. The third-order valence-corrected chi connectivity index (χ3v) is 7.80. The molecule has 0 unspecified atom stereocenters. The fraction of sp³-hybridized carbons (Fsp3) is 0.387. The molecule has 6 heteroatoms. The number of likely N-dealkylation sites (tertiary alicyclic amines) is 1. The van der Waals surface area contributed by atoms with Gasteiger partial charge < -0.3 is 10.2 Å². The van der Waals surface area contributed by atoms with Crippen molar-refractivity contribution < 1.29 is 0 Å². The molecule has 1 aromatic carbocycles. The molecular formula is C31H41N5S. The van der Waals surface area contributed by atoms with Crippen molar-refractivity contribution in [3.8, 4) is 0 Å². The number of thioether (sulfide) groups is 1. The highest BCUT2D eigenvalue weighted by atomic mass is 32.2. The van der Waals surface area contributed by atoms with E-state index in [-0.39, 0.29) is 0 Å². The number of fused-ring (bicyclic) bond motifs is 1. The van der Waals surface area contributed by atoms with Gasteiger partial charge in [-0.25, -0.2) is 4.98 Å². The largest absolute Gasteiger partial charge is 0.373 e. The molecule has 37 heavy (non-hydrogen) atoms. The minimum Gasteiger partial charge on any atom is -0.373 e. The van der Waals surface area contributed by atoms with E-state index in [4.69, 9.17) is 0 Å². The minimum absolute atomic E-state index is 0.688. The molecule has 0 aliphatic carbocycles. The summed E-state index contributed by atoms with van der Waals surface area (Å²) in [4.78, 5) is 16.5. The number of aliphatic imine (C=N–C) groups is 1. The zero-order chi connectivity index (χ0) is 26.8. The highest BCUT2D eigenvalue weighted by Crippen LogP contribution is 2.29. The van der Waals surface area contributed by atoms with Crippen LogP contribution in [0.15, 0.2) is 66.9 Å². The molecule has 3 aromatic rings. The van der Waals surface area contributed by atoms with Crippen LogP contribution in [0.25, 0.3) is 21.8 Å². The minimum atomic E-state index is 0.688. The summed E-state index contributed by atoms with van der Waals surface area (Å²) in [6.45, 7) is 17.0. The molecule has 4 rings (SSSR count). The summed E-state index contributed by atoms with van der Waals surface area (Å²) in [6.07, 6.45) is 9.39. The zero-order valence-electron chi connectivity index (χ0n) is 23.0. The third kappa shape index (κ3) is 8.54. The van der Waals surface area contributed by atoms with E-state index in [0.717, 1.165) is 44.4 Å². The van der Waals surface area contributed by atoms with Gasteiger partial charge >= 0.3 is 0 Å². The lowest BCUT2D eigenvalue weighted by atomic mass is 9.91.